The van der Waals surface area contributed by atoms with E-state index in [4.69, 9.17) is 9.47 Å². The summed E-state index contributed by atoms with van der Waals surface area (Å²) >= 11 is 3.43. The molecule has 2 aliphatic rings. The van der Waals surface area contributed by atoms with E-state index >= 15 is 0 Å². The summed E-state index contributed by atoms with van der Waals surface area (Å²) in [5, 5.41) is 2.88. The number of amides is 2. The maximum Gasteiger partial charge on any atom is 0.255 e. The maximum atomic E-state index is 12.7. The summed E-state index contributed by atoms with van der Waals surface area (Å²) in [6, 6.07) is 11.0. The predicted octanol–water partition coefficient (Wildman–Crippen LogP) is 4.00. The molecule has 0 atom stereocenters. The smallest absolute Gasteiger partial charge is 0.255 e. The Kier molecular flexibility index (Phi) is 5.09. The summed E-state index contributed by atoms with van der Waals surface area (Å²) in [5.74, 6) is 1.15. The molecule has 1 N–H and O–H groups in total. The van der Waals surface area contributed by atoms with Crippen LogP contribution in [0.3, 0.4) is 0 Å². The van der Waals surface area contributed by atoms with Crippen LogP contribution in [0.2, 0.25) is 0 Å². The van der Waals surface area contributed by atoms with Gasteiger partial charge in [-0.25, -0.2) is 0 Å². The van der Waals surface area contributed by atoms with Gasteiger partial charge in [0, 0.05) is 34.8 Å². The molecule has 1 saturated heterocycles. The van der Waals surface area contributed by atoms with Gasteiger partial charge in [-0.2, -0.15) is 0 Å². The van der Waals surface area contributed by atoms with Crippen molar-refractivity contribution in [1.29, 1.82) is 0 Å². The third-order valence-electron chi connectivity index (χ3n) is 4.78. The van der Waals surface area contributed by atoms with Crippen molar-refractivity contribution in [3.05, 3.63) is 52.0 Å². The molecule has 0 saturated carbocycles. The van der Waals surface area contributed by atoms with Crippen LogP contribution in [0.15, 0.2) is 46.4 Å². The number of nitrogens with zero attached hydrogens (tertiary/aromatic N) is 1. The van der Waals surface area contributed by atoms with E-state index in [1.165, 1.54) is 0 Å². The van der Waals surface area contributed by atoms with E-state index in [-0.39, 0.29) is 18.4 Å². The fraction of sp³-hybridized carbons (Fsp3) is 0.238. The highest BCUT2D eigenvalue weighted by Gasteiger charge is 2.25. The lowest BCUT2D eigenvalue weighted by molar-refractivity contribution is -0.117. The highest BCUT2D eigenvalue weighted by molar-refractivity contribution is 9.10. The second-order valence-electron chi connectivity index (χ2n) is 6.63. The molecule has 0 bridgehead atoms. The van der Waals surface area contributed by atoms with Gasteiger partial charge < -0.3 is 19.7 Å². The van der Waals surface area contributed by atoms with Gasteiger partial charge in [0.1, 0.15) is 18.1 Å². The Morgan fingerprint density at radius 1 is 1.25 bits per heavy atom. The fourth-order valence-corrected chi connectivity index (χ4v) is 3.75. The van der Waals surface area contributed by atoms with Crippen molar-refractivity contribution in [2.75, 3.05) is 30.5 Å². The van der Waals surface area contributed by atoms with E-state index in [2.05, 4.69) is 21.2 Å². The van der Waals surface area contributed by atoms with Crippen LogP contribution in [-0.2, 0) is 9.59 Å². The second-order valence-corrected chi connectivity index (χ2v) is 7.55. The number of ether oxygens (including phenoxy) is 2. The molecule has 0 radical (unpaired) electrons. The van der Waals surface area contributed by atoms with Gasteiger partial charge in [-0.1, -0.05) is 15.9 Å². The van der Waals surface area contributed by atoms with Gasteiger partial charge in [-0.3, -0.25) is 9.59 Å². The average Bonchev–Trinajstić information content (AvgIpc) is 3.12. The van der Waals surface area contributed by atoms with Crippen LogP contribution < -0.4 is 19.7 Å². The first-order chi connectivity index (χ1) is 13.5. The van der Waals surface area contributed by atoms with Crippen molar-refractivity contribution in [1.82, 2.24) is 0 Å². The lowest BCUT2D eigenvalue weighted by Gasteiger charge is -2.20. The van der Waals surface area contributed by atoms with E-state index in [9.17, 15) is 9.59 Å². The number of anilines is 2. The molecule has 0 aromatic heterocycles. The minimum atomic E-state index is -0.238. The number of carbonyl (C=O) groups is 2. The molecular weight excluding hydrogens is 424 g/mol. The number of benzene rings is 2. The van der Waals surface area contributed by atoms with E-state index in [1.54, 1.807) is 30.2 Å². The van der Waals surface area contributed by atoms with Crippen molar-refractivity contribution < 1.29 is 19.1 Å². The lowest BCUT2D eigenvalue weighted by atomic mass is 10.1. The van der Waals surface area contributed by atoms with Crippen LogP contribution in [0.5, 0.6) is 11.5 Å². The Morgan fingerprint density at radius 2 is 2.11 bits per heavy atom. The molecule has 2 aromatic carbocycles. The number of fused-ring (bicyclic) bond motifs is 1. The number of methoxy groups -OCH3 is 1. The highest BCUT2D eigenvalue weighted by Crippen LogP contribution is 2.34. The minimum Gasteiger partial charge on any atom is -0.494 e. The first-order valence-corrected chi connectivity index (χ1v) is 9.77. The monoisotopic (exact) mass is 442 g/mol. The molecule has 2 amide bonds. The molecule has 1 fully saturated rings. The third-order valence-corrected chi connectivity index (χ3v) is 5.27. The summed E-state index contributed by atoms with van der Waals surface area (Å²) < 4.78 is 12.0. The SMILES string of the molecule is COc1cc(NC(=O)C2=Cc3cc(Br)ccc3OC2)ccc1N1CCCC1=O. The lowest BCUT2D eigenvalue weighted by Crippen LogP contribution is -2.24. The Balaban J connectivity index is 1.54. The van der Waals surface area contributed by atoms with Gasteiger partial charge in [0.05, 0.1) is 18.4 Å². The molecule has 2 heterocycles. The van der Waals surface area contributed by atoms with E-state index in [0.29, 0.717) is 30.0 Å². The Hall–Kier alpha value is -2.80. The largest absolute Gasteiger partial charge is 0.494 e. The number of hydrogen-bond acceptors (Lipinski definition) is 4. The summed E-state index contributed by atoms with van der Waals surface area (Å²) in [6.45, 7) is 0.887. The topological polar surface area (TPSA) is 67.9 Å². The highest BCUT2D eigenvalue weighted by atomic mass is 79.9. The zero-order chi connectivity index (χ0) is 19.7. The van der Waals surface area contributed by atoms with Gasteiger partial charge in [0.25, 0.3) is 5.91 Å². The van der Waals surface area contributed by atoms with Gasteiger partial charge in [0.2, 0.25) is 5.91 Å². The first-order valence-electron chi connectivity index (χ1n) is 8.98. The number of halogens is 1. The van der Waals surface area contributed by atoms with Crippen molar-refractivity contribution in [2.24, 2.45) is 0 Å². The standard InChI is InChI=1S/C21H19BrN2O4/c1-27-19-11-16(5-6-17(19)24-8-2-3-20(24)25)23-21(26)14-9-13-10-15(22)4-7-18(13)28-12-14/h4-7,9-11H,2-3,8,12H2,1H3,(H,23,26). The van der Waals surface area contributed by atoms with Crippen molar-refractivity contribution >= 4 is 45.2 Å². The maximum absolute atomic E-state index is 12.7. The van der Waals surface area contributed by atoms with E-state index in [0.717, 1.165) is 27.9 Å². The first kappa shape index (κ1) is 18.6. The summed E-state index contributed by atoms with van der Waals surface area (Å²) in [4.78, 5) is 26.4. The number of rotatable bonds is 4. The molecule has 4 rings (SSSR count). The molecule has 144 valence electrons. The quantitative estimate of drug-likeness (QED) is 0.776. The number of carbonyl (C=O) groups excluding carboxylic acids is 2. The normalized spacial score (nSPS) is 15.6. The Labute approximate surface area is 171 Å². The van der Waals surface area contributed by atoms with Crippen molar-refractivity contribution in [3.8, 4) is 11.5 Å². The molecule has 6 nitrogen and oxygen atoms in total. The molecule has 0 spiro atoms. The average molecular weight is 443 g/mol. The van der Waals surface area contributed by atoms with Crippen LogP contribution >= 0.6 is 15.9 Å². The summed E-state index contributed by atoms with van der Waals surface area (Å²) in [7, 11) is 1.55. The zero-order valence-corrected chi connectivity index (χ0v) is 16.9. The van der Waals surface area contributed by atoms with Gasteiger partial charge in [-0.15, -0.1) is 0 Å². The second kappa shape index (κ2) is 7.67. The molecule has 28 heavy (non-hydrogen) atoms. The van der Waals surface area contributed by atoms with Crippen LogP contribution in [0.1, 0.15) is 18.4 Å². The van der Waals surface area contributed by atoms with Crippen molar-refractivity contribution in [3.63, 3.8) is 0 Å². The van der Waals surface area contributed by atoms with Crippen LogP contribution in [0.4, 0.5) is 11.4 Å². The van der Waals surface area contributed by atoms with Crippen molar-refractivity contribution in [2.45, 2.75) is 12.8 Å². The minimum absolute atomic E-state index is 0.0874. The fourth-order valence-electron chi connectivity index (χ4n) is 3.37. The Morgan fingerprint density at radius 3 is 2.86 bits per heavy atom. The van der Waals surface area contributed by atoms with Gasteiger partial charge in [0.15, 0.2) is 0 Å². The molecule has 0 unspecified atom stereocenters. The summed E-state index contributed by atoms with van der Waals surface area (Å²) in [6.07, 6.45) is 3.22. The molecular formula is C21H19BrN2O4. The predicted molar refractivity (Wildman–Crippen MR) is 111 cm³/mol. The zero-order valence-electron chi connectivity index (χ0n) is 15.3. The van der Waals surface area contributed by atoms with E-state index < -0.39 is 0 Å². The molecule has 7 heteroatoms. The van der Waals surface area contributed by atoms with Crippen LogP contribution in [0.25, 0.3) is 6.08 Å². The Bertz CT molecular complexity index is 986. The molecule has 2 aliphatic heterocycles. The van der Waals surface area contributed by atoms with Gasteiger partial charge >= 0.3 is 0 Å². The molecule has 0 aliphatic carbocycles. The van der Waals surface area contributed by atoms with Gasteiger partial charge in [-0.05, 0) is 42.8 Å². The summed E-state index contributed by atoms with van der Waals surface area (Å²) in [5.41, 5.74) is 2.70. The third kappa shape index (κ3) is 3.62. The number of nitrogens with one attached hydrogen (secondary N) is 1. The number of hydrogen-bond donors (Lipinski definition) is 1. The molecule has 2 aromatic rings. The van der Waals surface area contributed by atoms with Crippen LogP contribution in [-0.4, -0.2) is 32.1 Å². The van der Waals surface area contributed by atoms with E-state index in [1.807, 2.05) is 24.3 Å². The van der Waals surface area contributed by atoms with Crippen LogP contribution in [0, 0.1) is 0 Å².